The molecule has 0 saturated carbocycles. The van der Waals surface area contributed by atoms with Gasteiger partial charge >= 0.3 is 0 Å². The SMILES string of the molecule is CCOc1cccnc1Nc1cnn(CCOC)c1. The van der Waals surface area contributed by atoms with Gasteiger partial charge in [0.25, 0.3) is 0 Å². The highest BCUT2D eigenvalue weighted by atomic mass is 16.5. The van der Waals surface area contributed by atoms with E-state index >= 15 is 0 Å². The van der Waals surface area contributed by atoms with Crippen LogP contribution in [0.15, 0.2) is 30.7 Å². The highest BCUT2D eigenvalue weighted by Gasteiger charge is 2.05. The Kier molecular flexibility index (Phi) is 4.74. The monoisotopic (exact) mass is 262 g/mol. The summed E-state index contributed by atoms with van der Waals surface area (Å²) in [5.41, 5.74) is 0.871. The first-order chi connectivity index (χ1) is 9.33. The summed E-state index contributed by atoms with van der Waals surface area (Å²) in [6.45, 7) is 3.90. The molecule has 102 valence electrons. The maximum Gasteiger partial charge on any atom is 0.173 e. The Balaban J connectivity index is 2.06. The van der Waals surface area contributed by atoms with Crippen LogP contribution in [0.1, 0.15) is 6.92 Å². The van der Waals surface area contributed by atoms with Crippen molar-refractivity contribution in [2.75, 3.05) is 25.6 Å². The predicted octanol–water partition coefficient (Wildman–Crippen LogP) is 2.07. The number of nitrogens with zero attached hydrogens (tertiary/aromatic N) is 3. The largest absolute Gasteiger partial charge is 0.490 e. The summed E-state index contributed by atoms with van der Waals surface area (Å²) in [5.74, 6) is 1.42. The molecule has 0 aliphatic rings. The summed E-state index contributed by atoms with van der Waals surface area (Å²) >= 11 is 0. The molecular weight excluding hydrogens is 244 g/mol. The van der Waals surface area contributed by atoms with Gasteiger partial charge in [-0.25, -0.2) is 4.98 Å². The number of nitrogens with one attached hydrogen (secondary N) is 1. The van der Waals surface area contributed by atoms with Gasteiger partial charge < -0.3 is 14.8 Å². The van der Waals surface area contributed by atoms with Crippen LogP contribution in [0, 0.1) is 0 Å². The molecule has 0 aliphatic heterocycles. The summed E-state index contributed by atoms with van der Waals surface area (Å²) in [7, 11) is 1.67. The van der Waals surface area contributed by atoms with Crippen LogP contribution in [0.4, 0.5) is 11.5 Å². The number of rotatable bonds is 7. The van der Waals surface area contributed by atoms with Crippen molar-refractivity contribution in [1.82, 2.24) is 14.8 Å². The predicted molar refractivity (Wildman–Crippen MR) is 72.8 cm³/mol. The second kappa shape index (κ2) is 6.75. The molecule has 0 aliphatic carbocycles. The van der Waals surface area contributed by atoms with E-state index in [1.54, 1.807) is 19.5 Å². The van der Waals surface area contributed by atoms with Crippen molar-refractivity contribution >= 4 is 11.5 Å². The zero-order valence-electron chi connectivity index (χ0n) is 11.2. The average Bonchev–Trinajstić information content (AvgIpc) is 2.87. The lowest BCUT2D eigenvalue weighted by atomic mass is 10.4. The molecule has 0 aromatic carbocycles. The molecule has 0 atom stereocenters. The normalized spacial score (nSPS) is 10.4. The van der Waals surface area contributed by atoms with Crippen molar-refractivity contribution in [3.8, 4) is 5.75 Å². The highest BCUT2D eigenvalue weighted by Crippen LogP contribution is 2.24. The fraction of sp³-hybridized carbons (Fsp3) is 0.385. The molecule has 0 unspecified atom stereocenters. The first kappa shape index (κ1) is 13.4. The molecule has 1 N–H and O–H groups in total. The molecular formula is C13H18N4O2. The van der Waals surface area contributed by atoms with Crippen LogP contribution in [0.25, 0.3) is 0 Å². The average molecular weight is 262 g/mol. The first-order valence-electron chi connectivity index (χ1n) is 6.19. The molecule has 2 rings (SSSR count). The third kappa shape index (κ3) is 3.69. The van der Waals surface area contributed by atoms with E-state index in [0.717, 1.165) is 18.0 Å². The van der Waals surface area contributed by atoms with Gasteiger partial charge in [0, 0.05) is 19.5 Å². The minimum absolute atomic E-state index is 0.605. The van der Waals surface area contributed by atoms with E-state index in [2.05, 4.69) is 15.4 Å². The minimum Gasteiger partial charge on any atom is -0.490 e. The van der Waals surface area contributed by atoms with Crippen LogP contribution < -0.4 is 10.1 Å². The van der Waals surface area contributed by atoms with Crippen LogP contribution in [0.3, 0.4) is 0 Å². The zero-order valence-corrected chi connectivity index (χ0v) is 11.2. The Morgan fingerprint density at radius 2 is 2.32 bits per heavy atom. The summed E-state index contributed by atoms with van der Waals surface area (Å²) in [6, 6.07) is 3.73. The van der Waals surface area contributed by atoms with Gasteiger partial charge in [-0.1, -0.05) is 0 Å². The molecule has 0 bridgehead atoms. The van der Waals surface area contributed by atoms with Gasteiger partial charge in [0.1, 0.15) is 0 Å². The lowest BCUT2D eigenvalue weighted by molar-refractivity contribution is 0.183. The molecule has 0 spiro atoms. The van der Waals surface area contributed by atoms with E-state index in [9.17, 15) is 0 Å². The van der Waals surface area contributed by atoms with E-state index in [0.29, 0.717) is 19.0 Å². The number of aromatic nitrogens is 3. The summed E-state index contributed by atoms with van der Waals surface area (Å²) in [4.78, 5) is 4.27. The van der Waals surface area contributed by atoms with E-state index in [-0.39, 0.29) is 0 Å². The molecule has 0 fully saturated rings. The van der Waals surface area contributed by atoms with Crippen LogP contribution >= 0.6 is 0 Å². The van der Waals surface area contributed by atoms with Crippen molar-refractivity contribution in [2.45, 2.75) is 13.5 Å². The molecule has 19 heavy (non-hydrogen) atoms. The van der Waals surface area contributed by atoms with E-state index in [1.165, 1.54) is 0 Å². The molecule has 6 heteroatoms. The Bertz CT molecular complexity index is 513. The van der Waals surface area contributed by atoms with Crippen molar-refractivity contribution in [2.24, 2.45) is 0 Å². The van der Waals surface area contributed by atoms with Crippen LogP contribution in [0.2, 0.25) is 0 Å². The fourth-order valence-electron chi connectivity index (χ4n) is 1.63. The molecule has 0 saturated heterocycles. The fourth-order valence-corrected chi connectivity index (χ4v) is 1.63. The Labute approximate surface area is 112 Å². The van der Waals surface area contributed by atoms with Crippen molar-refractivity contribution in [3.63, 3.8) is 0 Å². The number of methoxy groups -OCH3 is 1. The quantitative estimate of drug-likeness (QED) is 0.827. The smallest absolute Gasteiger partial charge is 0.173 e. The van der Waals surface area contributed by atoms with Crippen molar-refractivity contribution < 1.29 is 9.47 Å². The highest BCUT2D eigenvalue weighted by molar-refractivity contribution is 5.60. The third-order valence-electron chi connectivity index (χ3n) is 2.49. The van der Waals surface area contributed by atoms with Gasteiger partial charge in [0.05, 0.1) is 31.6 Å². The number of ether oxygens (including phenoxy) is 2. The first-order valence-corrected chi connectivity index (χ1v) is 6.19. The maximum absolute atomic E-state index is 5.51. The van der Waals surface area contributed by atoms with Gasteiger partial charge in [-0.3, -0.25) is 4.68 Å². The summed E-state index contributed by atoms with van der Waals surface area (Å²) < 4.78 is 12.3. The van der Waals surface area contributed by atoms with Gasteiger partial charge in [0.2, 0.25) is 0 Å². The van der Waals surface area contributed by atoms with Gasteiger partial charge in [-0.15, -0.1) is 0 Å². The van der Waals surface area contributed by atoms with E-state index < -0.39 is 0 Å². The van der Waals surface area contributed by atoms with Crippen LogP contribution in [-0.2, 0) is 11.3 Å². The van der Waals surface area contributed by atoms with Crippen LogP contribution in [-0.4, -0.2) is 35.1 Å². The second-order valence-electron chi connectivity index (χ2n) is 3.89. The lowest BCUT2D eigenvalue weighted by Crippen LogP contribution is -2.04. The Hall–Kier alpha value is -2.08. The van der Waals surface area contributed by atoms with Crippen molar-refractivity contribution in [1.29, 1.82) is 0 Å². The van der Waals surface area contributed by atoms with E-state index in [4.69, 9.17) is 9.47 Å². The molecule has 2 aromatic heterocycles. The summed E-state index contributed by atoms with van der Waals surface area (Å²) in [5, 5.41) is 7.42. The molecule has 6 nitrogen and oxygen atoms in total. The minimum atomic E-state index is 0.605. The number of pyridine rings is 1. The number of hydrogen-bond acceptors (Lipinski definition) is 5. The van der Waals surface area contributed by atoms with Crippen molar-refractivity contribution in [3.05, 3.63) is 30.7 Å². The third-order valence-corrected chi connectivity index (χ3v) is 2.49. The van der Waals surface area contributed by atoms with Gasteiger partial charge in [-0.05, 0) is 19.1 Å². The Morgan fingerprint density at radius 3 is 3.11 bits per heavy atom. The zero-order chi connectivity index (χ0) is 13.5. The standard InChI is InChI=1S/C13H18N4O2/c1-3-19-12-5-4-6-14-13(12)16-11-9-15-17(10-11)7-8-18-2/h4-6,9-10H,3,7-8H2,1-2H3,(H,14,16). The lowest BCUT2D eigenvalue weighted by Gasteiger charge is -2.09. The summed E-state index contributed by atoms with van der Waals surface area (Å²) in [6.07, 6.45) is 5.38. The van der Waals surface area contributed by atoms with Gasteiger partial charge in [-0.2, -0.15) is 5.10 Å². The molecule has 0 radical (unpaired) electrons. The van der Waals surface area contributed by atoms with Gasteiger partial charge in [0.15, 0.2) is 11.6 Å². The second-order valence-corrected chi connectivity index (χ2v) is 3.89. The molecule has 0 amide bonds. The topological polar surface area (TPSA) is 61.2 Å². The maximum atomic E-state index is 5.51. The van der Waals surface area contributed by atoms with Crippen LogP contribution in [0.5, 0.6) is 5.75 Å². The molecule has 2 aromatic rings. The number of anilines is 2. The number of hydrogen-bond donors (Lipinski definition) is 1. The molecule has 2 heterocycles. The van der Waals surface area contributed by atoms with E-state index in [1.807, 2.05) is 29.9 Å². The Morgan fingerprint density at radius 1 is 1.42 bits per heavy atom.